The van der Waals surface area contributed by atoms with E-state index in [2.05, 4.69) is 41.2 Å². The van der Waals surface area contributed by atoms with E-state index in [9.17, 15) is 0 Å². The normalized spacial score (nSPS) is 27.6. The molecule has 0 bridgehead atoms. The van der Waals surface area contributed by atoms with Gasteiger partial charge < -0.3 is 4.98 Å². The number of aromatic amines is 1. The maximum absolute atomic E-state index is 3.49. The minimum absolute atomic E-state index is 0.736. The number of aryl methyl sites for hydroxylation is 1. The van der Waals surface area contributed by atoms with Crippen LogP contribution in [0.1, 0.15) is 49.1 Å². The number of hydrogen-bond acceptors (Lipinski definition) is 1. The van der Waals surface area contributed by atoms with Gasteiger partial charge in [-0.25, -0.2) is 0 Å². The summed E-state index contributed by atoms with van der Waals surface area (Å²) in [4.78, 5) is 6.25. The molecule has 3 heterocycles. The lowest BCUT2D eigenvalue weighted by Crippen LogP contribution is -2.46. The van der Waals surface area contributed by atoms with Crippen molar-refractivity contribution in [2.45, 2.75) is 51.0 Å². The monoisotopic (exact) mass is 268 g/mol. The summed E-state index contributed by atoms with van der Waals surface area (Å²) < 4.78 is 0. The average molecular weight is 268 g/mol. The van der Waals surface area contributed by atoms with Crippen LogP contribution in [0, 0.1) is 6.92 Å². The van der Waals surface area contributed by atoms with E-state index in [0.717, 1.165) is 12.0 Å². The standard InChI is InChI=1S/C18H24N2/c1-13-7-8-17-15(11-13)16(12-19-17)14-5-4-10-20-9-3-2-6-18(14)20/h7-8,11-12,14,18-19H,2-6,9-10H2,1H3. The molecule has 2 atom stereocenters. The predicted octanol–water partition coefficient (Wildman–Crippen LogP) is 4.21. The van der Waals surface area contributed by atoms with Gasteiger partial charge in [0.15, 0.2) is 0 Å². The minimum atomic E-state index is 0.736. The molecule has 1 N–H and O–H groups in total. The largest absolute Gasteiger partial charge is 0.361 e. The SMILES string of the molecule is Cc1ccc2[nH]cc(C3CCCN4CCCCC34)c2c1. The summed E-state index contributed by atoms with van der Waals surface area (Å²) in [6.07, 6.45) is 9.22. The highest BCUT2D eigenvalue weighted by molar-refractivity contribution is 5.84. The van der Waals surface area contributed by atoms with Crippen LogP contribution in [0.3, 0.4) is 0 Å². The summed E-state index contributed by atoms with van der Waals surface area (Å²) in [5.41, 5.74) is 4.24. The first-order chi connectivity index (χ1) is 9.83. The fraction of sp³-hybridized carbons (Fsp3) is 0.556. The number of H-pyrrole nitrogens is 1. The molecule has 1 aromatic heterocycles. The highest BCUT2D eigenvalue weighted by atomic mass is 15.2. The van der Waals surface area contributed by atoms with Crippen molar-refractivity contribution in [2.75, 3.05) is 13.1 Å². The van der Waals surface area contributed by atoms with E-state index in [0.29, 0.717) is 0 Å². The molecule has 0 radical (unpaired) electrons. The molecule has 0 aliphatic carbocycles. The van der Waals surface area contributed by atoms with Crippen molar-refractivity contribution in [1.29, 1.82) is 0 Å². The van der Waals surface area contributed by atoms with Gasteiger partial charge in [0.25, 0.3) is 0 Å². The summed E-state index contributed by atoms with van der Waals surface area (Å²) in [7, 11) is 0. The van der Waals surface area contributed by atoms with Crippen LogP contribution in [-0.4, -0.2) is 29.0 Å². The van der Waals surface area contributed by atoms with E-state index in [4.69, 9.17) is 0 Å². The van der Waals surface area contributed by atoms with Gasteiger partial charge in [-0.2, -0.15) is 0 Å². The molecule has 2 aliphatic heterocycles. The lowest BCUT2D eigenvalue weighted by molar-refractivity contribution is 0.0898. The topological polar surface area (TPSA) is 19.0 Å². The number of benzene rings is 1. The highest BCUT2D eigenvalue weighted by Gasteiger charge is 2.34. The van der Waals surface area contributed by atoms with E-state index in [1.54, 1.807) is 5.56 Å². The van der Waals surface area contributed by atoms with Gasteiger partial charge in [-0.15, -0.1) is 0 Å². The molecule has 1 aromatic carbocycles. The molecule has 106 valence electrons. The fourth-order valence-electron chi connectivity index (χ4n) is 4.38. The molecule has 2 fully saturated rings. The van der Waals surface area contributed by atoms with Crippen molar-refractivity contribution >= 4 is 10.9 Å². The predicted molar refractivity (Wildman–Crippen MR) is 84.2 cm³/mol. The maximum Gasteiger partial charge on any atom is 0.0457 e. The van der Waals surface area contributed by atoms with Crippen LogP contribution in [0.25, 0.3) is 10.9 Å². The number of nitrogens with one attached hydrogen (secondary N) is 1. The third-order valence-electron chi connectivity index (χ3n) is 5.36. The van der Waals surface area contributed by atoms with Gasteiger partial charge in [0.05, 0.1) is 0 Å². The molecule has 2 unspecified atom stereocenters. The molecule has 0 amide bonds. The molecule has 0 spiro atoms. The average Bonchev–Trinajstić information content (AvgIpc) is 2.89. The van der Waals surface area contributed by atoms with Crippen molar-refractivity contribution in [3.05, 3.63) is 35.5 Å². The molecule has 0 saturated carbocycles. The summed E-state index contributed by atoms with van der Waals surface area (Å²) in [6.45, 7) is 4.84. The zero-order valence-electron chi connectivity index (χ0n) is 12.4. The van der Waals surface area contributed by atoms with Crippen LogP contribution in [0.5, 0.6) is 0 Å². The Morgan fingerprint density at radius 3 is 2.95 bits per heavy atom. The van der Waals surface area contributed by atoms with Crippen molar-refractivity contribution in [3.8, 4) is 0 Å². The van der Waals surface area contributed by atoms with Crippen LogP contribution < -0.4 is 0 Å². The molecule has 2 aliphatic rings. The number of nitrogens with zero attached hydrogens (tertiary/aromatic N) is 1. The molecule has 20 heavy (non-hydrogen) atoms. The van der Waals surface area contributed by atoms with Gasteiger partial charge in [0.2, 0.25) is 0 Å². The number of hydrogen-bond donors (Lipinski definition) is 1. The van der Waals surface area contributed by atoms with Gasteiger partial charge in [0.1, 0.15) is 0 Å². The van der Waals surface area contributed by atoms with E-state index >= 15 is 0 Å². The van der Waals surface area contributed by atoms with Crippen LogP contribution in [0.15, 0.2) is 24.4 Å². The molecular formula is C18H24N2. The summed E-state index contributed by atoms with van der Waals surface area (Å²) in [5.74, 6) is 0.736. The van der Waals surface area contributed by atoms with Crippen molar-refractivity contribution in [1.82, 2.24) is 9.88 Å². The Labute approximate surface area is 121 Å². The first-order valence-corrected chi connectivity index (χ1v) is 8.14. The quantitative estimate of drug-likeness (QED) is 0.821. The first-order valence-electron chi connectivity index (χ1n) is 8.14. The third kappa shape index (κ3) is 1.98. The van der Waals surface area contributed by atoms with E-state index in [1.165, 1.54) is 61.7 Å². The minimum Gasteiger partial charge on any atom is -0.361 e. The fourth-order valence-corrected chi connectivity index (χ4v) is 4.38. The molecule has 2 saturated heterocycles. The molecule has 4 rings (SSSR count). The second-order valence-electron chi connectivity index (χ2n) is 6.64. The van der Waals surface area contributed by atoms with Crippen LogP contribution in [-0.2, 0) is 0 Å². The van der Waals surface area contributed by atoms with Gasteiger partial charge in [-0.3, -0.25) is 4.90 Å². The maximum atomic E-state index is 3.49. The van der Waals surface area contributed by atoms with Crippen molar-refractivity contribution < 1.29 is 0 Å². The summed E-state index contributed by atoms with van der Waals surface area (Å²) in [6, 6.07) is 7.59. The number of piperidine rings is 2. The number of rotatable bonds is 1. The Balaban J connectivity index is 1.75. The lowest BCUT2D eigenvalue weighted by Gasteiger charge is -2.44. The Morgan fingerprint density at radius 2 is 2.00 bits per heavy atom. The lowest BCUT2D eigenvalue weighted by atomic mass is 9.79. The van der Waals surface area contributed by atoms with E-state index in [-0.39, 0.29) is 0 Å². The number of fused-ring (bicyclic) bond motifs is 2. The Hall–Kier alpha value is -1.28. The van der Waals surface area contributed by atoms with E-state index < -0.39 is 0 Å². The second-order valence-corrected chi connectivity index (χ2v) is 6.64. The van der Waals surface area contributed by atoms with Crippen molar-refractivity contribution in [2.24, 2.45) is 0 Å². The molecule has 2 aromatic rings. The zero-order valence-corrected chi connectivity index (χ0v) is 12.4. The Morgan fingerprint density at radius 1 is 1.10 bits per heavy atom. The number of aromatic nitrogens is 1. The van der Waals surface area contributed by atoms with Gasteiger partial charge in [-0.1, -0.05) is 18.1 Å². The van der Waals surface area contributed by atoms with Crippen LogP contribution in [0.2, 0.25) is 0 Å². The Bertz CT molecular complexity index is 611. The first kappa shape index (κ1) is 12.5. The third-order valence-corrected chi connectivity index (χ3v) is 5.36. The van der Waals surface area contributed by atoms with Gasteiger partial charge >= 0.3 is 0 Å². The van der Waals surface area contributed by atoms with Crippen LogP contribution >= 0.6 is 0 Å². The zero-order chi connectivity index (χ0) is 13.5. The molecule has 2 nitrogen and oxygen atoms in total. The van der Waals surface area contributed by atoms with E-state index in [1.807, 2.05) is 0 Å². The highest BCUT2D eigenvalue weighted by Crippen LogP contribution is 2.40. The molecule has 2 heteroatoms. The second kappa shape index (κ2) is 4.92. The van der Waals surface area contributed by atoms with Gasteiger partial charge in [0, 0.05) is 29.1 Å². The van der Waals surface area contributed by atoms with Crippen molar-refractivity contribution in [3.63, 3.8) is 0 Å². The summed E-state index contributed by atoms with van der Waals surface area (Å²) in [5, 5.41) is 1.46. The van der Waals surface area contributed by atoms with Gasteiger partial charge in [-0.05, 0) is 63.4 Å². The smallest absolute Gasteiger partial charge is 0.0457 e. The Kier molecular flexibility index (Phi) is 3.07. The molecular weight excluding hydrogens is 244 g/mol. The summed E-state index contributed by atoms with van der Waals surface area (Å²) >= 11 is 0. The van der Waals surface area contributed by atoms with Crippen LogP contribution in [0.4, 0.5) is 0 Å².